The van der Waals surface area contributed by atoms with E-state index in [9.17, 15) is 20.4 Å². The van der Waals surface area contributed by atoms with Crippen LogP contribution in [0, 0.1) is 0 Å². The van der Waals surface area contributed by atoms with Gasteiger partial charge in [0.25, 0.3) is 0 Å². The Morgan fingerprint density at radius 3 is 1.67 bits per heavy atom. The second kappa shape index (κ2) is 16.3. The first kappa shape index (κ1) is 37.4. The number of rotatable bonds is 13. The summed E-state index contributed by atoms with van der Waals surface area (Å²) in [6.45, 7) is 1.17. The van der Waals surface area contributed by atoms with E-state index in [1.807, 2.05) is 48.5 Å². The third-order valence-corrected chi connectivity index (χ3v) is 12.1. The molecule has 286 valence electrons. The molecule has 54 heavy (non-hydrogen) atoms. The van der Waals surface area contributed by atoms with Crippen LogP contribution in [0.4, 0.5) is 0 Å². The Morgan fingerprint density at radius 2 is 1.06 bits per heavy atom. The van der Waals surface area contributed by atoms with Crippen LogP contribution in [0.15, 0.2) is 86.3 Å². The number of aliphatic hydroxyl groups excluding tert-OH is 4. The summed E-state index contributed by atoms with van der Waals surface area (Å²) in [5.41, 5.74) is 4.28. The lowest BCUT2D eigenvalue weighted by atomic mass is 9.89. The van der Waals surface area contributed by atoms with Crippen LogP contribution in [-0.4, -0.2) is 99.7 Å². The molecule has 0 aromatic heterocycles. The van der Waals surface area contributed by atoms with Gasteiger partial charge in [0.2, 0.25) is 11.6 Å². The molecule has 0 aliphatic carbocycles. The maximum absolute atomic E-state index is 9.72. The Labute approximate surface area is 321 Å². The molecule has 2 fully saturated rings. The second-order valence-electron chi connectivity index (χ2n) is 12.9. The van der Waals surface area contributed by atoms with E-state index >= 15 is 0 Å². The van der Waals surface area contributed by atoms with E-state index in [0.29, 0.717) is 49.4 Å². The normalized spacial score (nSPS) is 20.8. The number of hydrogen-bond acceptors (Lipinski definition) is 14. The molecule has 4 N–H and O–H groups in total. The molecular weight excluding hydrogens is 737 g/mol. The molecule has 8 rings (SSSR count). The minimum atomic E-state index is -1.25. The smallest absolute Gasteiger partial charge is 0.224 e. The van der Waals surface area contributed by atoms with Crippen LogP contribution in [0.25, 0.3) is 0 Å². The van der Waals surface area contributed by atoms with Crippen LogP contribution < -0.4 is 18.9 Å². The molecule has 4 heterocycles. The van der Waals surface area contributed by atoms with Crippen molar-refractivity contribution in [1.82, 2.24) is 0 Å². The van der Waals surface area contributed by atoms with E-state index in [2.05, 4.69) is 6.07 Å². The number of benzene rings is 4. The minimum Gasteiger partial charge on any atom is -0.487 e. The summed E-state index contributed by atoms with van der Waals surface area (Å²) in [5.74, 6) is -0.852. The summed E-state index contributed by atoms with van der Waals surface area (Å²) in [6.07, 6.45) is 0.750. The fourth-order valence-corrected chi connectivity index (χ4v) is 10.0. The van der Waals surface area contributed by atoms with Crippen molar-refractivity contribution in [2.75, 3.05) is 79.3 Å². The molecule has 4 aliphatic heterocycles. The summed E-state index contributed by atoms with van der Waals surface area (Å²) in [4.78, 5) is 3.36. The number of ether oxygens (including phenoxy) is 8. The van der Waals surface area contributed by atoms with Crippen LogP contribution in [0.3, 0.4) is 0 Å². The van der Waals surface area contributed by atoms with Gasteiger partial charge in [0, 0.05) is 38.0 Å². The van der Waals surface area contributed by atoms with Gasteiger partial charge in [-0.05, 0) is 42.3 Å². The van der Waals surface area contributed by atoms with E-state index in [1.54, 1.807) is 12.1 Å². The van der Waals surface area contributed by atoms with Crippen molar-refractivity contribution in [1.29, 1.82) is 0 Å². The van der Waals surface area contributed by atoms with E-state index in [0.717, 1.165) is 53.8 Å². The number of hydrogen-bond donors (Lipinski definition) is 4. The van der Waals surface area contributed by atoms with Crippen LogP contribution in [0.1, 0.15) is 40.2 Å². The van der Waals surface area contributed by atoms with Crippen molar-refractivity contribution in [2.45, 2.75) is 43.5 Å². The third-order valence-electron chi connectivity index (χ3n) is 9.61. The van der Waals surface area contributed by atoms with Gasteiger partial charge in [0.05, 0.1) is 62.6 Å². The Balaban J connectivity index is 1.19. The molecule has 0 atom stereocenters. The van der Waals surface area contributed by atoms with Gasteiger partial charge in [0.1, 0.15) is 26.4 Å². The standard InChI is InChI=1S/C40H42O12S2/c41-13-19-45-31-11-9-29-37(34(31)47-21-15-43)53-33-8-2-1-6-27(33)39(29)51-23-25(24-52-39)26-5-3-7-28-36(26)54-38-30(40(28)49-17-4-18-50-40)10-12-32(46-20-14-42)35(38)48-22-16-44/h1-3,5-12,25,41-44H,4,13-24H2. The summed E-state index contributed by atoms with van der Waals surface area (Å²) in [5, 5.41) is 38.4. The summed E-state index contributed by atoms with van der Waals surface area (Å²) in [6, 6.07) is 21.5. The highest BCUT2D eigenvalue weighted by Crippen LogP contribution is 2.60. The second-order valence-corrected chi connectivity index (χ2v) is 14.9. The van der Waals surface area contributed by atoms with Crippen molar-refractivity contribution in [2.24, 2.45) is 0 Å². The largest absolute Gasteiger partial charge is 0.487 e. The Kier molecular flexibility index (Phi) is 11.3. The van der Waals surface area contributed by atoms with Crippen LogP contribution in [0.2, 0.25) is 0 Å². The van der Waals surface area contributed by atoms with E-state index in [-0.39, 0.29) is 58.8 Å². The first-order valence-corrected chi connectivity index (χ1v) is 19.7. The lowest BCUT2D eigenvalue weighted by Crippen LogP contribution is -2.44. The van der Waals surface area contributed by atoms with E-state index in [1.165, 1.54) is 23.5 Å². The molecule has 2 saturated heterocycles. The Morgan fingerprint density at radius 1 is 0.537 bits per heavy atom. The molecule has 4 aromatic rings. The summed E-state index contributed by atoms with van der Waals surface area (Å²) < 4.78 is 51.0. The maximum atomic E-state index is 9.72. The molecule has 12 nitrogen and oxygen atoms in total. The summed E-state index contributed by atoms with van der Waals surface area (Å²) >= 11 is 3.04. The van der Waals surface area contributed by atoms with Gasteiger partial charge < -0.3 is 58.3 Å². The van der Waals surface area contributed by atoms with Gasteiger partial charge in [-0.2, -0.15) is 0 Å². The van der Waals surface area contributed by atoms with Crippen LogP contribution in [0.5, 0.6) is 23.0 Å². The van der Waals surface area contributed by atoms with Crippen LogP contribution in [-0.2, 0) is 30.5 Å². The van der Waals surface area contributed by atoms with Crippen molar-refractivity contribution >= 4 is 23.5 Å². The zero-order valence-corrected chi connectivity index (χ0v) is 31.1. The molecule has 0 bridgehead atoms. The average molecular weight is 779 g/mol. The van der Waals surface area contributed by atoms with Gasteiger partial charge in [0.15, 0.2) is 23.0 Å². The van der Waals surface area contributed by atoms with Crippen molar-refractivity contribution in [3.63, 3.8) is 0 Å². The van der Waals surface area contributed by atoms with Crippen molar-refractivity contribution in [3.05, 3.63) is 94.5 Å². The minimum absolute atomic E-state index is 0.0468. The SMILES string of the molecule is OCCOc1ccc2c(c1OCCO)Sc1ccccc1C21OCC(c2cccc3c2Sc2c(ccc(OCCO)c2OCCO)C32OCCCO2)CO1. The van der Waals surface area contributed by atoms with E-state index < -0.39 is 11.6 Å². The fourth-order valence-electron chi connectivity index (χ4n) is 7.36. The lowest BCUT2D eigenvalue weighted by molar-refractivity contribution is -0.260. The molecule has 0 saturated carbocycles. The topological polar surface area (TPSA) is 155 Å². The lowest BCUT2D eigenvalue weighted by Gasteiger charge is -2.46. The van der Waals surface area contributed by atoms with E-state index in [4.69, 9.17) is 37.9 Å². The number of aliphatic hydroxyl groups is 4. The first-order valence-electron chi connectivity index (χ1n) is 18.0. The fraction of sp³-hybridized carbons (Fsp3) is 0.400. The zero-order valence-electron chi connectivity index (χ0n) is 29.5. The summed E-state index contributed by atoms with van der Waals surface area (Å²) in [7, 11) is 0. The third kappa shape index (κ3) is 6.51. The highest BCUT2D eigenvalue weighted by atomic mass is 32.2. The van der Waals surface area contributed by atoms with Crippen LogP contribution >= 0.6 is 23.5 Å². The quantitative estimate of drug-likeness (QED) is 0.147. The first-order chi connectivity index (χ1) is 26.6. The molecule has 2 spiro atoms. The molecule has 0 amide bonds. The monoisotopic (exact) mass is 778 g/mol. The van der Waals surface area contributed by atoms with Gasteiger partial charge in [-0.3, -0.25) is 0 Å². The highest BCUT2D eigenvalue weighted by molar-refractivity contribution is 8.00. The molecule has 4 aliphatic rings. The molecule has 4 aromatic carbocycles. The predicted octanol–water partition coefficient (Wildman–Crippen LogP) is 4.77. The highest BCUT2D eigenvalue weighted by Gasteiger charge is 2.51. The molecule has 0 radical (unpaired) electrons. The Bertz CT molecular complexity index is 1960. The van der Waals surface area contributed by atoms with Gasteiger partial charge in [-0.15, -0.1) is 0 Å². The number of fused-ring (bicyclic) bond motifs is 8. The Hall–Kier alpha value is -3.54. The maximum Gasteiger partial charge on any atom is 0.224 e. The van der Waals surface area contributed by atoms with Gasteiger partial charge >= 0.3 is 0 Å². The average Bonchev–Trinajstić information content (AvgIpc) is 3.21. The van der Waals surface area contributed by atoms with Crippen molar-refractivity contribution < 1.29 is 58.3 Å². The van der Waals surface area contributed by atoms with Gasteiger partial charge in [-0.1, -0.05) is 59.9 Å². The predicted molar refractivity (Wildman–Crippen MR) is 197 cm³/mol. The molecule has 0 unspecified atom stereocenters. The molecular formula is C40H42O12S2. The zero-order chi connectivity index (χ0) is 37.1. The van der Waals surface area contributed by atoms with Gasteiger partial charge in [-0.25, -0.2) is 0 Å². The van der Waals surface area contributed by atoms with Crippen molar-refractivity contribution in [3.8, 4) is 23.0 Å². The molecule has 14 heteroatoms.